The Labute approximate surface area is 156 Å². The van der Waals surface area contributed by atoms with E-state index in [9.17, 15) is 36.6 Å². The van der Waals surface area contributed by atoms with Gasteiger partial charge in [-0.3, -0.25) is 0 Å². The summed E-state index contributed by atoms with van der Waals surface area (Å²) in [6.45, 7) is 8.36. The van der Waals surface area contributed by atoms with Gasteiger partial charge in [-0.05, 0) is 39.4 Å². The molecule has 0 radical (unpaired) electrons. The number of hydrogen-bond acceptors (Lipinski definition) is 4. The molecule has 160 valence electrons. The Morgan fingerprint density at radius 2 is 1.37 bits per heavy atom. The summed E-state index contributed by atoms with van der Waals surface area (Å²) < 4.78 is 77.5. The molecule has 0 aromatic heterocycles. The molecule has 0 saturated carbocycles. The first-order valence-corrected chi connectivity index (χ1v) is 11.9. The summed E-state index contributed by atoms with van der Waals surface area (Å²) in [6.07, 6.45) is -5.14. The van der Waals surface area contributed by atoms with Crippen molar-refractivity contribution in [2.45, 2.75) is 89.4 Å². The molecule has 0 amide bonds. The van der Waals surface area contributed by atoms with Crippen molar-refractivity contribution in [2.24, 2.45) is 0 Å². The maximum absolute atomic E-state index is 14.3. The second-order valence-electron chi connectivity index (χ2n) is 7.61. The zero-order valence-corrected chi connectivity index (χ0v) is 17.3. The third kappa shape index (κ3) is 5.63. The van der Waals surface area contributed by atoms with Gasteiger partial charge in [-0.1, -0.05) is 26.7 Å². The van der Waals surface area contributed by atoms with Crippen molar-refractivity contribution in [2.75, 3.05) is 0 Å². The summed E-state index contributed by atoms with van der Waals surface area (Å²) in [7, 11) is -3.38. The van der Waals surface area contributed by atoms with E-state index in [-0.39, 0.29) is 12.8 Å². The molecule has 27 heavy (non-hydrogen) atoms. The molecule has 0 bridgehead atoms. The number of carbonyl (C=O) groups excluding carboxylic acids is 1. The maximum atomic E-state index is 14.3. The average Bonchev–Trinajstić information content (AvgIpc) is 2.41. The van der Waals surface area contributed by atoms with Gasteiger partial charge in [-0.15, -0.1) is 0 Å². The number of aliphatic carboxylic acids is 1. The minimum atomic E-state index is -6.34. The number of halogens is 5. The minimum absolute atomic E-state index is 0.160. The van der Waals surface area contributed by atoms with Crippen LogP contribution in [0.25, 0.3) is 0 Å². The lowest BCUT2D eigenvalue weighted by molar-refractivity contribution is -0.330. The van der Waals surface area contributed by atoms with Crippen LogP contribution in [-0.4, -0.2) is 48.7 Å². The molecule has 0 aliphatic heterocycles. The van der Waals surface area contributed by atoms with Crippen molar-refractivity contribution < 1.29 is 45.8 Å². The Morgan fingerprint density at radius 3 is 1.63 bits per heavy atom. The van der Waals surface area contributed by atoms with Gasteiger partial charge in [0, 0.05) is 0 Å². The third-order valence-corrected chi connectivity index (χ3v) is 4.66. The normalized spacial score (nSPS) is 16.0. The second kappa shape index (κ2) is 8.42. The summed E-state index contributed by atoms with van der Waals surface area (Å²) in [6, 6.07) is 0. The number of alkyl halides is 5. The largest absolute Gasteiger partial charge is 0.479 e. The first-order valence-electron chi connectivity index (χ1n) is 8.51. The molecule has 0 aromatic carbocycles. The van der Waals surface area contributed by atoms with E-state index in [0.717, 1.165) is 0 Å². The fraction of sp³-hybridized carbons (Fsp3) is 0.875. The Morgan fingerprint density at radius 1 is 0.963 bits per heavy atom. The average molecular weight is 422 g/mol. The van der Waals surface area contributed by atoms with Gasteiger partial charge in [0.2, 0.25) is 0 Å². The number of carboxylic acids is 1. The summed E-state index contributed by atoms with van der Waals surface area (Å²) >= 11 is 0. The summed E-state index contributed by atoms with van der Waals surface area (Å²) in [4.78, 5) is 24.2. The molecule has 1 N–H and O–H groups in total. The minimum Gasteiger partial charge on any atom is -0.479 e. The smallest absolute Gasteiger partial charge is 0.457 e. The highest BCUT2D eigenvalue weighted by atomic mass is 28.4. The first-order chi connectivity index (χ1) is 11.9. The van der Waals surface area contributed by atoms with Crippen LogP contribution in [-0.2, 0) is 18.8 Å². The number of rotatable bonds is 10. The maximum Gasteiger partial charge on any atom is 0.457 e. The third-order valence-electron chi connectivity index (χ3n) is 3.74. The SMILES string of the molecule is CCCC(C)(CCC)OC(=O)C(O[Si](C)(C)C)(C(=O)O)C(F)(F)C(F)(F)F. The quantitative estimate of drug-likeness (QED) is 0.238. The molecular formula is C16H27F5O5Si. The molecule has 0 aliphatic rings. The fourth-order valence-electron chi connectivity index (χ4n) is 2.74. The fourth-order valence-corrected chi connectivity index (χ4v) is 3.96. The van der Waals surface area contributed by atoms with E-state index in [4.69, 9.17) is 9.16 Å². The Bertz CT molecular complexity index is 538. The lowest BCUT2D eigenvalue weighted by Gasteiger charge is -2.41. The number of hydrogen-bond donors (Lipinski definition) is 1. The molecule has 0 aliphatic carbocycles. The van der Waals surface area contributed by atoms with Crippen LogP contribution in [0.4, 0.5) is 22.0 Å². The van der Waals surface area contributed by atoms with Crippen LogP contribution in [0.15, 0.2) is 0 Å². The van der Waals surface area contributed by atoms with E-state index in [1.165, 1.54) is 26.6 Å². The summed E-state index contributed by atoms with van der Waals surface area (Å²) in [5.74, 6) is -11.0. The van der Waals surface area contributed by atoms with E-state index >= 15 is 0 Å². The van der Waals surface area contributed by atoms with E-state index in [1.807, 2.05) is 0 Å². The van der Waals surface area contributed by atoms with Crippen molar-refractivity contribution in [3.05, 3.63) is 0 Å². The molecule has 0 spiro atoms. The van der Waals surface area contributed by atoms with E-state index < -0.39 is 43.6 Å². The highest BCUT2D eigenvalue weighted by Crippen LogP contribution is 2.48. The predicted octanol–water partition coefficient (Wildman–Crippen LogP) is 4.76. The van der Waals surface area contributed by atoms with Crippen LogP contribution < -0.4 is 0 Å². The van der Waals surface area contributed by atoms with E-state index in [1.54, 1.807) is 13.8 Å². The summed E-state index contributed by atoms with van der Waals surface area (Å²) in [5.41, 5.74) is -5.91. The van der Waals surface area contributed by atoms with Gasteiger partial charge in [-0.25, -0.2) is 9.59 Å². The highest BCUT2D eigenvalue weighted by Gasteiger charge is 2.80. The van der Waals surface area contributed by atoms with E-state index in [2.05, 4.69) is 0 Å². The van der Waals surface area contributed by atoms with Gasteiger partial charge in [0.15, 0.2) is 8.32 Å². The van der Waals surface area contributed by atoms with Crippen molar-refractivity contribution >= 4 is 20.3 Å². The molecule has 0 saturated heterocycles. The first kappa shape index (κ1) is 25.8. The molecule has 0 rings (SSSR count). The number of carbonyl (C=O) groups is 2. The number of esters is 1. The Balaban J connectivity index is 6.49. The van der Waals surface area contributed by atoms with Gasteiger partial charge in [0.05, 0.1) is 0 Å². The number of carboxylic acid groups (broad SMARTS) is 1. The standard InChI is InChI=1S/C16H27F5O5Si/c1-7-9-13(3,10-8-2)25-12(24)14(11(22)23,26-27(4,5)6)15(17,18)16(19,20)21/h7-10H2,1-6H3,(H,22,23). The van der Waals surface area contributed by atoms with Gasteiger partial charge < -0.3 is 14.3 Å². The molecule has 1 atom stereocenters. The van der Waals surface area contributed by atoms with Crippen molar-refractivity contribution in [3.8, 4) is 0 Å². The van der Waals surface area contributed by atoms with Crippen LogP contribution in [0.1, 0.15) is 46.5 Å². The molecule has 5 nitrogen and oxygen atoms in total. The van der Waals surface area contributed by atoms with Crippen LogP contribution >= 0.6 is 0 Å². The second-order valence-corrected chi connectivity index (χ2v) is 12.0. The molecular weight excluding hydrogens is 395 g/mol. The van der Waals surface area contributed by atoms with Gasteiger partial charge in [0.25, 0.3) is 0 Å². The van der Waals surface area contributed by atoms with Gasteiger partial charge >= 0.3 is 29.6 Å². The van der Waals surface area contributed by atoms with Crippen molar-refractivity contribution in [1.82, 2.24) is 0 Å². The lowest BCUT2D eigenvalue weighted by Crippen LogP contribution is -2.70. The molecule has 11 heteroatoms. The van der Waals surface area contributed by atoms with E-state index in [0.29, 0.717) is 12.8 Å². The Kier molecular flexibility index (Phi) is 8.03. The highest BCUT2D eigenvalue weighted by molar-refractivity contribution is 6.70. The van der Waals surface area contributed by atoms with Gasteiger partial charge in [-0.2, -0.15) is 22.0 Å². The zero-order chi connectivity index (χ0) is 21.9. The molecule has 0 heterocycles. The van der Waals surface area contributed by atoms with Crippen LogP contribution in [0, 0.1) is 0 Å². The lowest BCUT2D eigenvalue weighted by atomic mass is 9.92. The molecule has 0 fully saturated rings. The van der Waals surface area contributed by atoms with Crippen LogP contribution in [0.2, 0.25) is 19.6 Å². The van der Waals surface area contributed by atoms with Crippen molar-refractivity contribution in [3.63, 3.8) is 0 Å². The van der Waals surface area contributed by atoms with Crippen LogP contribution in [0.5, 0.6) is 0 Å². The van der Waals surface area contributed by atoms with Gasteiger partial charge in [0.1, 0.15) is 5.60 Å². The predicted molar refractivity (Wildman–Crippen MR) is 90.1 cm³/mol. The Hall–Kier alpha value is -1.23. The summed E-state index contributed by atoms with van der Waals surface area (Å²) in [5, 5.41) is 9.33. The number of ether oxygens (including phenoxy) is 1. The monoisotopic (exact) mass is 422 g/mol. The topological polar surface area (TPSA) is 72.8 Å². The van der Waals surface area contributed by atoms with Crippen molar-refractivity contribution in [1.29, 1.82) is 0 Å². The molecule has 0 aromatic rings. The molecule has 1 unspecified atom stereocenters. The zero-order valence-electron chi connectivity index (χ0n) is 16.3. The van der Waals surface area contributed by atoms with Crippen LogP contribution in [0.3, 0.4) is 0 Å².